The van der Waals surface area contributed by atoms with E-state index in [0.717, 1.165) is 17.3 Å². The molecule has 3 atom stereocenters. The molecule has 1 aliphatic rings. The first-order chi connectivity index (χ1) is 8.13. The monoisotopic (exact) mass is 235 g/mol. The number of nitrogens with zero attached hydrogens (tertiary/aromatic N) is 2. The van der Waals surface area contributed by atoms with Gasteiger partial charge in [-0.3, -0.25) is 0 Å². The van der Waals surface area contributed by atoms with E-state index in [9.17, 15) is 0 Å². The van der Waals surface area contributed by atoms with Crippen LogP contribution in [0.1, 0.15) is 32.3 Å². The van der Waals surface area contributed by atoms with E-state index in [0.29, 0.717) is 17.8 Å². The van der Waals surface area contributed by atoms with Crippen molar-refractivity contribution in [1.82, 2.24) is 9.97 Å². The van der Waals surface area contributed by atoms with Gasteiger partial charge in [-0.05, 0) is 31.6 Å². The fourth-order valence-corrected chi connectivity index (χ4v) is 2.49. The molecule has 5 nitrogen and oxygen atoms in total. The fourth-order valence-electron chi connectivity index (χ4n) is 2.49. The lowest BCUT2D eigenvalue weighted by Crippen LogP contribution is -2.25. The highest BCUT2D eigenvalue weighted by Crippen LogP contribution is 2.33. The maximum Gasteiger partial charge on any atom is 0.148 e. The second kappa shape index (κ2) is 4.87. The Bertz CT molecular complexity index is 392. The number of hydrazine groups is 1. The largest absolute Gasteiger partial charge is 0.367 e. The minimum absolute atomic E-state index is 0.504. The smallest absolute Gasteiger partial charge is 0.148 e. The molecule has 1 fully saturated rings. The minimum Gasteiger partial charge on any atom is -0.367 e. The molecule has 4 N–H and O–H groups in total. The van der Waals surface area contributed by atoms with Gasteiger partial charge in [0.25, 0.3) is 0 Å². The van der Waals surface area contributed by atoms with Gasteiger partial charge in [-0.1, -0.05) is 13.8 Å². The fraction of sp³-hybridized carbons (Fsp3) is 0.667. The van der Waals surface area contributed by atoms with Crippen LogP contribution in [-0.2, 0) is 0 Å². The molecule has 0 aliphatic heterocycles. The number of hydrogen-bond acceptors (Lipinski definition) is 5. The third-order valence-electron chi connectivity index (χ3n) is 4.01. The van der Waals surface area contributed by atoms with Crippen molar-refractivity contribution >= 4 is 11.6 Å². The van der Waals surface area contributed by atoms with Crippen LogP contribution in [0.3, 0.4) is 0 Å². The molecule has 3 unspecified atom stereocenters. The van der Waals surface area contributed by atoms with Crippen molar-refractivity contribution in [3.63, 3.8) is 0 Å². The summed E-state index contributed by atoms with van der Waals surface area (Å²) in [7, 11) is 0. The maximum atomic E-state index is 5.41. The molecule has 1 saturated carbocycles. The van der Waals surface area contributed by atoms with Crippen molar-refractivity contribution in [2.45, 2.75) is 39.7 Å². The first-order valence-electron chi connectivity index (χ1n) is 6.18. The molecule has 0 radical (unpaired) electrons. The molecule has 0 saturated heterocycles. The van der Waals surface area contributed by atoms with Crippen LogP contribution in [0.5, 0.6) is 0 Å². The Morgan fingerprint density at radius 2 is 1.94 bits per heavy atom. The summed E-state index contributed by atoms with van der Waals surface area (Å²) in [4.78, 5) is 8.37. The van der Waals surface area contributed by atoms with Crippen molar-refractivity contribution < 1.29 is 0 Å². The van der Waals surface area contributed by atoms with Crippen molar-refractivity contribution in [2.24, 2.45) is 17.7 Å². The molecule has 2 rings (SSSR count). The van der Waals surface area contributed by atoms with Crippen LogP contribution in [0.2, 0.25) is 0 Å². The Labute approximate surface area is 102 Å². The third kappa shape index (κ3) is 2.34. The average molecular weight is 235 g/mol. The molecule has 1 aliphatic carbocycles. The number of hydrogen-bond donors (Lipinski definition) is 3. The van der Waals surface area contributed by atoms with Gasteiger partial charge >= 0.3 is 0 Å². The normalized spacial score (nSPS) is 28.1. The highest BCUT2D eigenvalue weighted by molar-refractivity contribution is 5.56. The van der Waals surface area contributed by atoms with E-state index in [1.807, 2.05) is 6.92 Å². The van der Waals surface area contributed by atoms with Gasteiger partial charge in [0.2, 0.25) is 0 Å². The van der Waals surface area contributed by atoms with E-state index in [1.54, 1.807) is 0 Å². The van der Waals surface area contributed by atoms with E-state index in [2.05, 4.69) is 34.6 Å². The predicted octanol–water partition coefficient (Wildman–Crippen LogP) is 1.92. The zero-order valence-electron chi connectivity index (χ0n) is 10.7. The molecule has 17 heavy (non-hydrogen) atoms. The Morgan fingerprint density at radius 1 is 1.24 bits per heavy atom. The number of nitrogens with one attached hydrogen (secondary N) is 2. The summed E-state index contributed by atoms with van der Waals surface area (Å²) in [6.07, 6.45) is 4.02. The molecule has 94 valence electrons. The lowest BCUT2D eigenvalue weighted by molar-refractivity contribution is 0.435. The summed E-state index contributed by atoms with van der Waals surface area (Å²) in [5.74, 6) is 8.44. The van der Waals surface area contributed by atoms with Gasteiger partial charge in [-0.15, -0.1) is 0 Å². The van der Waals surface area contributed by atoms with Crippen LogP contribution in [0, 0.1) is 18.8 Å². The van der Waals surface area contributed by atoms with Gasteiger partial charge < -0.3 is 10.7 Å². The van der Waals surface area contributed by atoms with Crippen LogP contribution >= 0.6 is 0 Å². The zero-order chi connectivity index (χ0) is 12.4. The number of rotatable bonds is 3. The van der Waals surface area contributed by atoms with Gasteiger partial charge in [0.15, 0.2) is 0 Å². The van der Waals surface area contributed by atoms with Gasteiger partial charge in [0.1, 0.15) is 18.0 Å². The zero-order valence-corrected chi connectivity index (χ0v) is 10.7. The number of nitrogens with two attached hydrogens (primary N) is 1. The summed E-state index contributed by atoms with van der Waals surface area (Å²) < 4.78 is 0. The van der Waals surface area contributed by atoms with Crippen LogP contribution in [0.15, 0.2) is 6.33 Å². The van der Waals surface area contributed by atoms with Gasteiger partial charge in [0.05, 0.1) is 0 Å². The van der Waals surface area contributed by atoms with E-state index in [1.165, 1.54) is 19.2 Å². The summed E-state index contributed by atoms with van der Waals surface area (Å²) in [6, 6.07) is 0.504. The second-order valence-electron chi connectivity index (χ2n) is 5.00. The molecule has 1 heterocycles. The maximum absolute atomic E-state index is 5.41. The topological polar surface area (TPSA) is 75.9 Å². The average Bonchev–Trinajstić information content (AvgIpc) is 2.64. The quantitative estimate of drug-likeness (QED) is 0.551. The Kier molecular flexibility index (Phi) is 3.47. The standard InChI is InChI=1S/C12H21N5/c1-7-4-5-10(8(7)2)16-11-9(3)12(17-13)15-6-14-11/h6-8,10H,4-5,13H2,1-3H3,(H2,14,15,16,17). The molecule has 0 bridgehead atoms. The van der Waals surface area contributed by atoms with E-state index in [-0.39, 0.29) is 0 Å². The molecular formula is C12H21N5. The van der Waals surface area contributed by atoms with Crippen LogP contribution in [0.4, 0.5) is 11.6 Å². The lowest BCUT2D eigenvalue weighted by atomic mass is 9.98. The highest BCUT2D eigenvalue weighted by atomic mass is 15.3. The lowest BCUT2D eigenvalue weighted by Gasteiger charge is -2.21. The third-order valence-corrected chi connectivity index (χ3v) is 4.01. The Hall–Kier alpha value is -1.36. The Morgan fingerprint density at radius 3 is 2.53 bits per heavy atom. The summed E-state index contributed by atoms with van der Waals surface area (Å²) in [5.41, 5.74) is 3.56. The van der Waals surface area contributed by atoms with Gasteiger partial charge in [-0.25, -0.2) is 15.8 Å². The highest BCUT2D eigenvalue weighted by Gasteiger charge is 2.30. The van der Waals surface area contributed by atoms with E-state index >= 15 is 0 Å². The Balaban J connectivity index is 2.14. The summed E-state index contributed by atoms with van der Waals surface area (Å²) >= 11 is 0. The molecule has 0 amide bonds. The van der Waals surface area contributed by atoms with E-state index in [4.69, 9.17) is 5.84 Å². The van der Waals surface area contributed by atoms with Gasteiger partial charge in [0, 0.05) is 11.6 Å². The summed E-state index contributed by atoms with van der Waals surface area (Å²) in [6.45, 7) is 6.58. The van der Waals surface area contributed by atoms with E-state index < -0.39 is 0 Å². The number of nitrogen functional groups attached to an aromatic ring is 1. The predicted molar refractivity (Wildman–Crippen MR) is 69.6 cm³/mol. The molecular weight excluding hydrogens is 214 g/mol. The molecule has 0 spiro atoms. The second-order valence-corrected chi connectivity index (χ2v) is 5.00. The first kappa shape index (κ1) is 12.1. The summed E-state index contributed by atoms with van der Waals surface area (Å²) in [5, 5.41) is 3.52. The van der Waals surface area contributed by atoms with Crippen LogP contribution in [0.25, 0.3) is 0 Å². The van der Waals surface area contributed by atoms with Crippen molar-refractivity contribution in [1.29, 1.82) is 0 Å². The number of aromatic nitrogens is 2. The molecule has 5 heteroatoms. The van der Waals surface area contributed by atoms with Gasteiger partial charge in [-0.2, -0.15) is 0 Å². The number of anilines is 2. The first-order valence-corrected chi connectivity index (χ1v) is 6.18. The molecule has 1 aromatic heterocycles. The van der Waals surface area contributed by atoms with Crippen molar-refractivity contribution in [3.05, 3.63) is 11.9 Å². The minimum atomic E-state index is 0.504. The molecule has 0 aromatic carbocycles. The SMILES string of the molecule is Cc1c(NN)ncnc1NC1CCC(C)C1C. The van der Waals surface area contributed by atoms with Crippen molar-refractivity contribution in [2.75, 3.05) is 10.7 Å². The van der Waals surface area contributed by atoms with Crippen molar-refractivity contribution in [3.8, 4) is 0 Å². The molecule has 1 aromatic rings. The van der Waals surface area contributed by atoms with Crippen LogP contribution < -0.4 is 16.6 Å². The van der Waals surface area contributed by atoms with Crippen LogP contribution in [-0.4, -0.2) is 16.0 Å².